The number of phenols is 1. The van der Waals surface area contributed by atoms with E-state index < -0.39 is 0 Å². The standard InChI is InChI=1S/C14H15N3O2/c1-17(10-11-6-2-3-7-12(11)18)14(19)16-13-8-4-5-9-15-13/h2-9,18H,10H2,1H3,(H,15,16,19). The fourth-order valence-corrected chi connectivity index (χ4v) is 1.61. The lowest BCUT2D eigenvalue weighted by atomic mass is 10.2. The highest BCUT2D eigenvalue weighted by molar-refractivity contribution is 5.88. The largest absolute Gasteiger partial charge is 0.508 e. The van der Waals surface area contributed by atoms with Crippen LogP contribution < -0.4 is 5.32 Å². The summed E-state index contributed by atoms with van der Waals surface area (Å²) >= 11 is 0. The van der Waals surface area contributed by atoms with Gasteiger partial charge in [0.1, 0.15) is 11.6 Å². The zero-order chi connectivity index (χ0) is 13.7. The van der Waals surface area contributed by atoms with E-state index in [4.69, 9.17) is 0 Å². The molecule has 0 atom stereocenters. The van der Waals surface area contributed by atoms with Crippen molar-refractivity contribution >= 4 is 11.8 Å². The molecule has 0 saturated heterocycles. The Hall–Kier alpha value is -2.56. The summed E-state index contributed by atoms with van der Waals surface area (Å²) in [7, 11) is 1.66. The zero-order valence-corrected chi connectivity index (χ0v) is 10.6. The van der Waals surface area contributed by atoms with E-state index in [1.165, 1.54) is 4.90 Å². The van der Waals surface area contributed by atoms with Crippen LogP contribution in [0.3, 0.4) is 0 Å². The molecule has 19 heavy (non-hydrogen) atoms. The molecule has 0 saturated carbocycles. The number of amides is 2. The summed E-state index contributed by atoms with van der Waals surface area (Å²) in [6.07, 6.45) is 1.61. The van der Waals surface area contributed by atoms with Gasteiger partial charge in [-0.05, 0) is 18.2 Å². The maximum Gasteiger partial charge on any atom is 0.323 e. The summed E-state index contributed by atoms with van der Waals surface area (Å²) in [6, 6.07) is 12.0. The highest BCUT2D eigenvalue weighted by Crippen LogP contribution is 2.17. The second-order valence-electron chi connectivity index (χ2n) is 4.13. The first-order valence-electron chi connectivity index (χ1n) is 5.87. The van der Waals surface area contributed by atoms with Gasteiger partial charge in [0.05, 0.1) is 6.54 Å². The van der Waals surface area contributed by atoms with Gasteiger partial charge in [0.15, 0.2) is 0 Å². The average Bonchev–Trinajstić information content (AvgIpc) is 2.42. The average molecular weight is 257 g/mol. The number of benzene rings is 1. The van der Waals surface area contributed by atoms with Gasteiger partial charge in [-0.2, -0.15) is 0 Å². The number of aromatic nitrogens is 1. The Morgan fingerprint density at radius 1 is 1.26 bits per heavy atom. The van der Waals surface area contributed by atoms with Crippen LogP contribution in [0, 0.1) is 0 Å². The van der Waals surface area contributed by atoms with Crippen molar-refractivity contribution in [1.29, 1.82) is 0 Å². The Balaban J connectivity index is 1.98. The molecular weight excluding hydrogens is 242 g/mol. The van der Waals surface area contributed by atoms with Gasteiger partial charge in [-0.15, -0.1) is 0 Å². The smallest absolute Gasteiger partial charge is 0.323 e. The van der Waals surface area contributed by atoms with Crippen LogP contribution in [0.1, 0.15) is 5.56 Å². The molecular formula is C14H15N3O2. The van der Waals surface area contributed by atoms with E-state index in [0.717, 1.165) is 0 Å². The minimum Gasteiger partial charge on any atom is -0.508 e. The minimum atomic E-state index is -0.276. The number of urea groups is 1. The summed E-state index contributed by atoms with van der Waals surface area (Å²) in [6.45, 7) is 0.325. The molecule has 2 rings (SSSR count). The van der Waals surface area contributed by atoms with Crippen molar-refractivity contribution in [1.82, 2.24) is 9.88 Å². The molecule has 0 spiro atoms. The van der Waals surface area contributed by atoms with Gasteiger partial charge >= 0.3 is 6.03 Å². The molecule has 5 heteroatoms. The summed E-state index contributed by atoms with van der Waals surface area (Å²) in [5.41, 5.74) is 0.696. The Labute approximate surface area is 111 Å². The Kier molecular flexibility index (Phi) is 3.97. The SMILES string of the molecule is CN(Cc1ccccc1O)C(=O)Nc1ccccn1. The highest BCUT2D eigenvalue weighted by Gasteiger charge is 2.11. The third kappa shape index (κ3) is 3.45. The number of rotatable bonds is 3. The van der Waals surface area contributed by atoms with Gasteiger partial charge in [-0.1, -0.05) is 24.3 Å². The van der Waals surface area contributed by atoms with Crippen LogP contribution in [0.4, 0.5) is 10.6 Å². The quantitative estimate of drug-likeness (QED) is 0.887. The first kappa shape index (κ1) is 12.9. The summed E-state index contributed by atoms with van der Waals surface area (Å²) in [5.74, 6) is 0.677. The van der Waals surface area contributed by atoms with Crippen LogP contribution in [0.15, 0.2) is 48.7 Å². The molecule has 0 aliphatic carbocycles. The highest BCUT2D eigenvalue weighted by atomic mass is 16.3. The maximum absolute atomic E-state index is 11.9. The number of nitrogens with one attached hydrogen (secondary N) is 1. The Morgan fingerprint density at radius 2 is 2.00 bits per heavy atom. The molecule has 0 fully saturated rings. The normalized spacial score (nSPS) is 9.95. The van der Waals surface area contributed by atoms with Crippen LogP contribution in [0.5, 0.6) is 5.75 Å². The van der Waals surface area contributed by atoms with Gasteiger partial charge in [0.25, 0.3) is 0 Å². The molecule has 1 aromatic carbocycles. The molecule has 98 valence electrons. The number of anilines is 1. The monoisotopic (exact) mass is 257 g/mol. The first-order chi connectivity index (χ1) is 9.16. The molecule has 1 heterocycles. The van der Waals surface area contributed by atoms with Gasteiger partial charge < -0.3 is 10.0 Å². The molecule has 2 amide bonds. The molecule has 5 nitrogen and oxygen atoms in total. The Bertz CT molecular complexity index is 558. The van der Waals surface area contributed by atoms with E-state index in [2.05, 4.69) is 10.3 Å². The molecule has 0 radical (unpaired) electrons. The predicted octanol–water partition coefficient (Wildman–Crippen LogP) is 2.45. The molecule has 0 aliphatic heterocycles. The molecule has 2 N–H and O–H groups in total. The summed E-state index contributed by atoms with van der Waals surface area (Å²) in [4.78, 5) is 17.4. The fourth-order valence-electron chi connectivity index (χ4n) is 1.61. The van der Waals surface area contributed by atoms with E-state index in [9.17, 15) is 9.90 Å². The van der Waals surface area contributed by atoms with Crippen molar-refractivity contribution in [3.63, 3.8) is 0 Å². The molecule has 2 aromatic rings. The number of aromatic hydroxyl groups is 1. The number of pyridine rings is 1. The zero-order valence-electron chi connectivity index (χ0n) is 10.6. The lowest BCUT2D eigenvalue weighted by Crippen LogP contribution is -2.31. The second kappa shape index (κ2) is 5.86. The van der Waals surface area contributed by atoms with Crippen molar-refractivity contribution < 1.29 is 9.90 Å². The second-order valence-corrected chi connectivity index (χ2v) is 4.13. The maximum atomic E-state index is 11.9. The number of para-hydroxylation sites is 1. The van der Waals surface area contributed by atoms with Crippen LogP contribution in [-0.4, -0.2) is 28.1 Å². The Morgan fingerprint density at radius 3 is 2.68 bits per heavy atom. The summed E-state index contributed by atoms with van der Waals surface area (Å²) < 4.78 is 0. The summed E-state index contributed by atoms with van der Waals surface area (Å²) in [5, 5.41) is 12.3. The van der Waals surface area contributed by atoms with Crippen molar-refractivity contribution in [3.05, 3.63) is 54.2 Å². The van der Waals surface area contributed by atoms with Crippen LogP contribution in [0.25, 0.3) is 0 Å². The van der Waals surface area contributed by atoms with E-state index >= 15 is 0 Å². The third-order valence-electron chi connectivity index (χ3n) is 2.65. The topological polar surface area (TPSA) is 65.5 Å². The number of phenolic OH excluding ortho intramolecular Hbond substituents is 1. The van der Waals surface area contributed by atoms with Gasteiger partial charge in [0, 0.05) is 18.8 Å². The van der Waals surface area contributed by atoms with Gasteiger partial charge in [-0.3, -0.25) is 5.32 Å². The van der Waals surface area contributed by atoms with Crippen molar-refractivity contribution in [2.75, 3.05) is 12.4 Å². The van der Waals surface area contributed by atoms with E-state index in [-0.39, 0.29) is 11.8 Å². The number of nitrogens with zero attached hydrogens (tertiary/aromatic N) is 2. The van der Waals surface area contributed by atoms with Crippen LogP contribution in [0.2, 0.25) is 0 Å². The number of hydrogen-bond acceptors (Lipinski definition) is 3. The van der Waals surface area contributed by atoms with Crippen molar-refractivity contribution in [2.24, 2.45) is 0 Å². The van der Waals surface area contributed by atoms with Crippen LogP contribution >= 0.6 is 0 Å². The minimum absolute atomic E-state index is 0.181. The number of carbonyl (C=O) groups is 1. The third-order valence-corrected chi connectivity index (χ3v) is 2.65. The number of hydrogen-bond donors (Lipinski definition) is 2. The van der Waals surface area contributed by atoms with Gasteiger partial charge in [-0.25, -0.2) is 9.78 Å². The number of carbonyl (C=O) groups excluding carboxylic acids is 1. The predicted molar refractivity (Wildman–Crippen MR) is 72.8 cm³/mol. The van der Waals surface area contributed by atoms with Gasteiger partial charge in [0.2, 0.25) is 0 Å². The lowest BCUT2D eigenvalue weighted by molar-refractivity contribution is 0.220. The fraction of sp³-hybridized carbons (Fsp3) is 0.143. The molecule has 1 aromatic heterocycles. The molecule has 0 aliphatic rings. The first-order valence-corrected chi connectivity index (χ1v) is 5.87. The van der Waals surface area contributed by atoms with Crippen LogP contribution in [-0.2, 0) is 6.54 Å². The van der Waals surface area contributed by atoms with E-state index in [0.29, 0.717) is 17.9 Å². The van der Waals surface area contributed by atoms with E-state index in [1.807, 2.05) is 6.07 Å². The van der Waals surface area contributed by atoms with Crippen molar-refractivity contribution in [3.8, 4) is 5.75 Å². The van der Waals surface area contributed by atoms with E-state index in [1.54, 1.807) is 49.6 Å². The molecule has 0 bridgehead atoms. The van der Waals surface area contributed by atoms with Crippen molar-refractivity contribution in [2.45, 2.75) is 6.54 Å². The lowest BCUT2D eigenvalue weighted by Gasteiger charge is -2.18. The molecule has 0 unspecified atom stereocenters.